The zero-order chi connectivity index (χ0) is 72.4. The maximum Gasteiger partial charge on any atom is 0.163 e. The number of unbranched alkanes of at least 4 members (excludes halogenated alkanes) is 3. The van der Waals surface area contributed by atoms with Gasteiger partial charge in [0.2, 0.25) is 0 Å². The van der Waals surface area contributed by atoms with Gasteiger partial charge in [0.15, 0.2) is 69.3 Å². The van der Waals surface area contributed by atoms with Crippen LogP contribution in [-0.4, -0.2) is 96.0 Å². The number of rotatable bonds is 20. The number of fused-ring (bicyclic) bond motifs is 1. The second kappa shape index (κ2) is 45.5. The lowest BCUT2D eigenvalue weighted by Crippen LogP contribution is -1.95. The largest absolute Gasteiger partial charge is 0.497 e. The highest BCUT2D eigenvalue weighted by Gasteiger charge is 2.08. The van der Waals surface area contributed by atoms with Gasteiger partial charge in [-0.2, -0.15) is 0 Å². The predicted molar refractivity (Wildman–Crippen MR) is 388 cm³/mol. The van der Waals surface area contributed by atoms with Crippen molar-refractivity contribution in [1.82, 2.24) is 0 Å². The Morgan fingerprint density at radius 3 is 0.825 bits per heavy atom. The first kappa shape index (κ1) is 82.3. The van der Waals surface area contributed by atoms with E-state index in [0.29, 0.717) is 38.9 Å². The van der Waals surface area contributed by atoms with Crippen LogP contribution in [0, 0.1) is 6.92 Å². The van der Waals surface area contributed by atoms with Crippen molar-refractivity contribution < 1.29 is 71.5 Å². The molecule has 0 aliphatic carbocycles. The summed E-state index contributed by atoms with van der Waals surface area (Å²) in [5.41, 5.74) is 7.91. The third kappa shape index (κ3) is 30.9. The Bertz CT molecular complexity index is 3670. The van der Waals surface area contributed by atoms with E-state index in [2.05, 4.69) is 19.1 Å². The van der Waals surface area contributed by atoms with Crippen molar-refractivity contribution >= 4 is 57.0 Å². The van der Waals surface area contributed by atoms with Crippen molar-refractivity contribution in [3.05, 3.63) is 256 Å². The second-order valence-corrected chi connectivity index (χ2v) is 21.7. The molecule has 0 unspecified atom stereocenters. The van der Waals surface area contributed by atoms with Crippen LogP contribution in [0.3, 0.4) is 0 Å². The highest BCUT2D eigenvalue weighted by molar-refractivity contribution is 6.02. The number of aryl methyl sites for hydroxylation is 2. The highest BCUT2D eigenvalue weighted by Crippen LogP contribution is 2.30. The fraction of sp³-hybridized carbons (Fsp3) is 0.268. The molecule has 0 N–H and O–H groups in total. The van der Waals surface area contributed by atoms with E-state index < -0.39 is 0 Å². The van der Waals surface area contributed by atoms with Crippen LogP contribution in [0.25, 0.3) is 10.8 Å². The molecule has 0 fully saturated rings. The maximum atomic E-state index is 11.2. The quantitative estimate of drug-likeness (QED) is 0.0515. The molecular weight excluding hydrogens is 1220 g/mol. The van der Waals surface area contributed by atoms with E-state index in [4.69, 9.17) is 33.2 Å². The van der Waals surface area contributed by atoms with Gasteiger partial charge in [-0.25, -0.2) is 0 Å². The number of carbonyl (C=O) groups is 8. The average molecular weight is 1320 g/mol. The molecule has 0 aliphatic rings. The van der Waals surface area contributed by atoms with Gasteiger partial charge in [0.05, 0.1) is 49.8 Å². The molecule has 9 aromatic carbocycles. The lowest BCUT2D eigenvalue weighted by atomic mass is 10.0. The summed E-state index contributed by atoms with van der Waals surface area (Å²) in [6.45, 7) is 16.5. The number of ketones is 8. The van der Waals surface area contributed by atoms with Crippen LogP contribution in [-0.2, 0) is 6.42 Å². The average Bonchev–Trinajstić information content (AvgIpc) is 1.11. The molecule has 9 aromatic rings. The van der Waals surface area contributed by atoms with Crippen molar-refractivity contribution in [2.75, 3.05) is 49.8 Å². The van der Waals surface area contributed by atoms with Gasteiger partial charge >= 0.3 is 0 Å². The normalized spacial score (nSPS) is 9.62. The molecule has 512 valence electrons. The first-order valence-electron chi connectivity index (χ1n) is 31.4. The Morgan fingerprint density at radius 2 is 0.557 bits per heavy atom. The first-order chi connectivity index (χ1) is 46.3. The van der Waals surface area contributed by atoms with Gasteiger partial charge in [-0.15, -0.1) is 0 Å². The Kier molecular flexibility index (Phi) is 38.6. The van der Waals surface area contributed by atoms with Crippen LogP contribution in [0.15, 0.2) is 200 Å². The molecule has 0 saturated heterocycles. The molecule has 0 aliphatic heterocycles. The van der Waals surface area contributed by atoms with E-state index in [0.717, 1.165) is 68.6 Å². The van der Waals surface area contributed by atoms with Gasteiger partial charge in [0.1, 0.15) is 17.2 Å². The zero-order valence-corrected chi connectivity index (χ0v) is 59.2. The Labute approximate surface area is 573 Å². The summed E-state index contributed by atoms with van der Waals surface area (Å²) < 4.78 is 35.1. The number of hydrogen-bond acceptors (Lipinski definition) is 15. The molecule has 97 heavy (non-hydrogen) atoms. The minimum absolute atomic E-state index is 0.0186. The maximum absolute atomic E-state index is 11.2. The van der Waals surface area contributed by atoms with E-state index in [1.165, 1.54) is 58.9 Å². The van der Waals surface area contributed by atoms with E-state index in [1.807, 2.05) is 110 Å². The summed E-state index contributed by atoms with van der Waals surface area (Å²) in [5, 5.41) is 1.97. The number of benzene rings is 9. The molecule has 15 heteroatoms. The lowest BCUT2D eigenvalue weighted by Gasteiger charge is -2.08. The summed E-state index contributed by atoms with van der Waals surface area (Å²) >= 11 is 0. The molecule has 0 spiro atoms. The Balaban J connectivity index is 0.000000379. The standard InChI is InChI=1S/C14H12O2.C14H20O.2C10H10O2.C9H12O2.C9H10O2.2C8H10O2/c1-9(15)11-3-5-14-8-12(10(2)16)4-6-13(14)7-11;1-3-4-5-6-7-13-8-10-14(11-9-13)12(2)15;2*1-7(11)9-3-5-10(6-4-9)8(2)12;1-7-5-4-6-8(10-2)9(7)11-3;1-7(10)8-3-5-9(11-2)6-4-8;1-9-7-3-5-8(10-2)6-4-7;1-9-7-5-3-4-6-8(7)10-2/h3-8H,1-2H3;8-11H,3-7H2,1-2H3;2*3-6H,1-2H3;4-6H,1-3H3;3-6H,1-2H3;2*3-6H,1-2H3. The van der Waals surface area contributed by atoms with Crippen molar-refractivity contribution in [2.45, 2.75) is 101 Å². The summed E-state index contributed by atoms with van der Waals surface area (Å²) in [5.74, 6) is 6.01. The van der Waals surface area contributed by atoms with Crippen molar-refractivity contribution in [3.8, 4) is 40.2 Å². The molecule has 0 radical (unpaired) electrons. The molecular formula is C82H94O15. The van der Waals surface area contributed by atoms with Crippen LogP contribution >= 0.6 is 0 Å². The van der Waals surface area contributed by atoms with Crippen molar-refractivity contribution in [2.24, 2.45) is 0 Å². The first-order valence-corrected chi connectivity index (χ1v) is 31.4. The van der Waals surface area contributed by atoms with E-state index >= 15 is 0 Å². The van der Waals surface area contributed by atoms with Crippen LogP contribution in [0.1, 0.15) is 182 Å². The third-order valence-electron chi connectivity index (χ3n) is 14.4. The number of hydrogen-bond donors (Lipinski definition) is 0. The predicted octanol–water partition coefficient (Wildman–Crippen LogP) is 18.8. The molecule has 0 atom stereocenters. The Morgan fingerprint density at radius 1 is 0.278 bits per heavy atom. The summed E-state index contributed by atoms with van der Waals surface area (Å²) in [7, 11) is 11.4. The molecule has 0 bridgehead atoms. The van der Waals surface area contributed by atoms with E-state index in [1.54, 1.807) is 162 Å². The van der Waals surface area contributed by atoms with Crippen LogP contribution < -0.4 is 33.2 Å². The number of carbonyl (C=O) groups excluding carboxylic acids is 8. The van der Waals surface area contributed by atoms with Gasteiger partial charge in [-0.1, -0.05) is 148 Å². The minimum atomic E-state index is 0.0186. The number of Topliss-reactive ketones (excluding diaryl/α,β-unsaturated/α-hetero) is 8. The fourth-order valence-electron chi connectivity index (χ4n) is 8.60. The van der Waals surface area contributed by atoms with Crippen molar-refractivity contribution in [3.63, 3.8) is 0 Å². The molecule has 15 nitrogen and oxygen atoms in total. The lowest BCUT2D eigenvalue weighted by molar-refractivity contribution is 0.100. The van der Waals surface area contributed by atoms with Crippen molar-refractivity contribution in [1.29, 1.82) is 0 Å². The number of para-hydroxylation sites is 3. The molecule has 0 aromatic heterocycles. The van der Waals surface area contributed by atoms with Gasteiger partial charge in [-0.05, 0) is 176 Å². The second-order valence-electron chi connectivity index (χ2n) is 21.7. The van der Waals surface area contributed by atoms with Gasteiger partial charge in [0, 0.05) is 44.5 Å². The SMILES string of the molecule is CC(=O)c1ccc(C(C)=O)cc1.CC(=O)c1ccc(C(C)=O)cc1.CC(=O)c1ccc2cc(C(C)=O)ccc2c1.CCCCCCc1ccc(C(C)=O)cc1.COc1ccc(C(C)=O)cc1.COc1ccc(OC)cc1.COc1cccc(C)c1OC.COc1ccccc1OC. The fourth-order valence-corrected chi connectivity index (χ4v) is 8.60. The summed E-state index contributed by atoms with van der Waals surface area (Å²) in [6, 6.07) is 60.2. The topological polar surface area (TPSA) is 201 Å². The van der Waals surface area contributed by atoms with E-state index in [9.17, 15) is 38.4 Å². The summed E-state index contributed by atoms with van der Waals surface area (Å²) in [4.78, 5) is 87.6. The Hall–Kier alpha value is -10.8. The van der Waals surface area contributed by atoms with Crippen LogP contribution in [0.4, 0.5) is 0 Å². The molecule has 0 heterocycles. The minimum Gasteiger partial charge on any atom is -0.497 e. The smallest absolute Gasteiger partial charge is 0.163 e. The molecule has 9 rings (SSSR count). The number of ether oxygens (including phenoxy) is 7. The van der Waals surface area contributed by atoms with Gasteiger partial charge < -0.3 is 33.2 Å². The zero-order valence-electron chi connectivity index (χ0n) is 59.2. The molecule has 0 amide bonds. The van der Waals surface area contributed by atoms with E-state index in [-0.39, 0.29) is 46.3 Å². The third-order valence-corrected chi connectivity index (χ3v) is 14.4. The number of methoxy groups -OCH3 is 7. The van der Waals surface area contributed by atoms with Gasteiger partial charge in [-0.3, -0.25) is 38.4 Å². The highest BCUT2D eigenvalue weighted by atomic mass is 16.5. The monoisotopic (exact) mass is 1320 g/mol. The van der Waals surface area contributed by atoms with Crippen LogP contribution in [0.2, 0.25) is 0 Å². The summed E-state index contributed by atoms with van der Waals surface area (Å²) in [6.07, 6.45) is 6.31. The van der Waals surface area contributed by atoms with Crippen LogP contribution in [0.5, 0.6) is 40.2 Å². The molecule has 0 saturated carbocycles. The van der Waals surface area contributed by atoms with Gasteiger partial charge in [0.25, 0.3) is 0 Å².